The largest absolute Gasteiger partial charge is 0.392 e. The number of alkyl halides is 3. The Morgan fingerprint density at radius 2 is 1.85 bits per heavy atom. The molecule has 9 heteroatoms. The summed E-state index contributed by atoms with van der Waals surface area (Å²) in [6, 6.07) is 0. The number of tetrazole rings is 1. The van der Waals surface area contributed by atoms with E-state index in [1.165, 1.54) is 0 Å². The number of aromatic nitrogens is 4. The number of hydrogen-bond donors (Lipinski definition) is 2. The highest BCUT2D eigenvalue weighted by Crippen LogP contribution is 2.54. The maximum absolute atomic E-state index is 13.3. The van der Waals surface area contributed by atoms with Gasteiger partial charge >= 0.3 is 6.18 Å². The Labute approximate surface area is 112 Å². The highest BCUT2D eigenvalue weighted by Gasteiger charge is 2.58. The summed E-state index contributed by atoms with van der Waals surface area (Å²) >= 11 is 0. The molecule has 2 bridgehead atoms. The van der Waals surface area contributed by atoms with Crippen LogP contribution in [-0.2, 0) is 4.79 Å². The lowest BCUT2D eigenvalue weighted by Gasteiger charge is -2.48. The minimum Gasteiger partial charge on any atom is -0.292 e. The van der Waals surface area contributed by atoms with Crippen LogP contribution in [0.1, 0.15) is 25.7 Å². The van der Waals surface area contributed by atoms with E-state index in [1.807, 2.05) is 0 Å². The number of amides is 1. The van der Waals surface area contributed by atoms with Gasteiger partial charge < -0.3 is 0 Å². The molecule has 1 heterocycles. The lowest BCUT2D eigenvalue weighted by atomic mass is 9.58. The summed E-state index contributed by atoms with van der Waals surface area (Å²) in [5.74, 6) is -3.98. The molecule has 0 aliphatic heterocycles. The molecular formula is C11H14F3N5O. The molecule has 6 nitrogen and oxygen atoms in total. The Bertz CT molecular complexity index is 481. The number of carbonyl (C=O) groups is 1. The van der Waals surface area contributed by atoms with Crippen LogP contribution in [0.2, 0.25) is 0 Å². The molecule has 0 radical (unpaired) electrons. The summed E-state index contributed by atoms with van der Waals surface area (Å²) in [4.78, 5) is 12.2. The second kappa shape index (κ2) is 4.71. The van der Waals surface area contributed by atoms with Gasteiger partial charge in [0.05, 0.1) is 11.8 Å². The minimum atomic E-state index is -4.34. The van der Waals surface area contributed by atoms with E-state index in [2.05, 4.69) is 25.9 Å². The normalized spacial score (nSPS) is 33.1. The molecule has 1 amide bonds. The van der Waals surface area contributed by atoms with E-state index >= 15 is 0 Å². The highest BCUT2D eigenvalue weighted by molar-refractivity contribution is 5.91. The van der Waals surface area contributed by atoms with Crippen molar-refractivity contribution in [1.29, 1.82) is 0 Å². The number of fused-ring (bicyclic) bond motifs is 3. The molecule has 0 saturated heterocycles. The van der Waals surface area contributed by atoms with Crippen LogP contribution in [-0.4, -0.2) is 32.7 Å². The van der Waals surface area contributed by atoms with Crippen LogP contribution in [0.3, 0.4) is 0 Å². The Hall–Kier alpha value is -1.67. The van der Waals surface area contributed by atoms with E-state index in [0.29, 0.717) is 25.7 Å². The van der Waals surface area contributed by atoms with Gasteiger partial charge in [0.1, 0.15) is 0 Å². The van der Waals surface area contributed by atoms with Gasteiger partial charge in [-0.15, -0.1) is 5.10 Å². The third-order valence-corrected chi connectivity index (χ3v) is 4.48. The quantitative estimate of drug-likeness (QED) is 0.869. The molecule has 3 aliphatic carbocycles. The van der Waals surface area contributed by atoms with Gasteiger partial charge in [-0.2, -0.15) is 18.4 Å². The summed E-state index contributed by atoms with van der Waals surface area (Å²) in [5, 5.41) is 14.8. The first-order valence-electron chi connectivity index (χ1n) is 6.58. The van der Waals surface area contributed by atoms with Crippen LogP contribution in [0, 0.1) is 23.7 Å². The third-order valence-electron chi connectivity index (χ3n) is 4.48. The SMILES string of the molecule is O=C(Nc1nn[nH]n1)[C@H]1C2CCC(CC2)[C@@H]1C(F)(F)F. The highest BCUT2D eigenvalue weighted by atomic mass is 19.4. The number of carbonyl (C=O) groups excluding carboxylic acids is 1. The van der Waals surface area contributed by atoms with Crippen LogP contribution in [0.25, 0.3) is 0 Å². The van der Waals surface area contributed by atoms with Crippen LogP contribution in [0.4, 0.5) is 19.1 Å². The van der Waals surface area contributed by atoms with Crippen LogP contribution in [0.15, 0.2) is 0 Å². The van der Waals surface area contributed by atoms with Gasteiger partial charge in [-0.1, -0.05) is 5.10 Å². The molecule has 0 aromatic carbocycles. The standard InChI is InChI=1S/C11H14F3N5O/c12-11(13,14)8-6-3-1-5(2-4-6)7(8)9(20)15-10-16-18-19-17-10/h5-8H,1-4H2,(H2,15,16,17,18,19,20)/t5?,6?,7-,8-/m0/s1. The van der Waals surface area contributed by atoms with Gasteiger partial charge in [-0.25, -0.2) is 0 Å². The number of rotatable bonds is 2. The number of nitrogens with zero attached hydrogens (tertiary/aromatic N) is 3. The molecule has 2 atom stereocenters. The number of anilines is 1. The van der Waals surface area contributed by atoms with Crippen molar-refractivity contribution in [2.45, 2.75) is 31.9 Å². The summed E-state index contributed by atoms with van der Waals surface area (Å²) < 4.78 is 39.8. The van der Waals surface area contributed by atoms with Crippen LogP contribution in [0.5, 0.6) is 0 Å². The fourth-order valence-electron chi connectivity index (χ4n) is 3.71. The maximum atomic E-state index is 13.3. The summed E-state index contributed by atoms with van der Waals surface area (Å²) in [6.07, 6.45) is -1.87. The smallest absolute Gasteiger partial charge is 0.292 e. The Kier molecular flexibility index (Phi) is 3.14. The van der Waals surface area contributed by atoms with E-state index in [-0.39, 0.29) is 11.9 Å². The molecule has 4 rings (SSSR count). The summed E-state index contributed by atoms with van der Waals surface area (Å²) in [5.41, 5.74) is 0. The molecule has 3 aliphatic rings. The van der Waals surface area contributed by atoms with E-state index < -0.39 is 29.8 Å². The first-order chi connectivity index (χ1) is 9.47. The zero-order valence-corrected chi connectivity index (χ0v) is 10.5. The van der Waals surface area contributed by atoms with Gasteiger partial charge in [0.25, 0.3) is 5.95 Å². The van der Waals surface area contributed by atoms with Crippen LogP contribution >= 0.6 is 0 Å². The van der Waals surface area contributed by atoms with E-state index in [4.69, 9.17) is 0 Å². The first-order valence-corrected chi connectivity index (χ1v) is 6.58. The van der Waals surface area contributed by atoms with Crippen molar-refractivity contribution in [3.05, 3.63) is 0 Å². The average Bonchev–Trinajstić information content (AvgIpc) is 2.90. The monoisotopic (exact) mass is 289 g/mol. The zero-order chi connectivity index (χ0) is 14.3. The average molecular weight is 289 g/mol. The van der Waals surface area contributed by atoms with Crippen molar-refractivity contribution in [2.75, 3.05) is 5.32 Å². The fourth-order valence-corrected chi connectivity index (χ4v) is 3.71. The Morgan fingerprint density at radius 1 is 1.20 bits per heavy atom. The molecule has 3 saturated carbocycles. The number of hydrogen-bond acceptors (Lipinski definition) is 4. The fraction of sp³-hybridized carbons (Fsp3) is 0.818. The molecule has 2 N–H and O–H groups in total. The lowest BCUT2D eigenvalue weighted by molar-refractivity contribution is -0.227. The van der Waals surface area contributed by atoms with Crippen molar-refractivity contribution >= 4 is 11.9 Å². The number of nitrogens with one attached hydrogen (secondary N) is 2. The zero-order valence-electron chi connectivity index (χ0n) is 10.5. The topological polar surface area (TPSA) is 83.6 Å². The van der Waals surface area contributed by atoms with E-state index in [1.54, 1.807) is 0 Å². The molecule has 110 valence electrons. The van der Waals surface area contributed by atoms with Crippen molar-refractivity contribution in [1.82, 2.24) is 20.6 Å². The van der Waals surface area contributed by atoms with Gasteiger partial charge in [0.2, 0.25) is 5.91 Å². The van der Waals surface area contributed by atoms with Gasteiger partial charge in [0, 0.05) is 0 Å². The Morgan fingerprint density at radius 3 is 2.40 bits per heavy atom. The predicted octanol–water partition coefficient (Wildman–Crippen LogP) is 1.75. The van der Waals surface area contributed by atoms with Crippen molar-refractivity contribution < 1.29 is 18.0 Å². The van der Waals surface area contributed by atoms with Gasteiger partial charge in [0.15, 0.2) is 0 Å². The minimum absolute atomic E-state index is 0.0858. The molecule has 3 fully saturated rings. The van der Waals surface area contributed by atoms with Gasteiger partial charge in [-0.3, -0.25) is 10.1 Å². The number of halogens is 3. The second-order valence-corrected chi connectivity index (χ2v) is 5.49. The molecule has 1 aromatic rings. The molecule has 0 spiro atoms. The number of aromatic amines is 1. The molecule has 0 unspecified atom stereocenters. The third kappa shape index (κ3) is 2.25. The summed E-state index contributed by atoms with van der Waals surface area (Å²) in [6.45, 7) is 0. The van der Waals surface area contributed by atoms with Crippen molar-refractivity contribution in [2.24, 2.45) is 23.7 Å². The molecule has 20 heavy (non-hydrogen) atoms. The van der Waals surface area contributed by atoms with Crippen molar-refractivity contribution in [3.63, 3.8) is 0 Å². The van der Waals surface area contributed by atoms with Crippen molar-refractivity contribution in [3.8, 4) is 0 Å². The Balaban J connectivity index is 1.83. The summed E-state index contributed by atoms with van der Waals surface area (Å²) in [7, 11) is 0. The van der Waals surface area contributed by atoms with Crippen LogP contribution < -0.4 is 5.32 Å². The second-order valence-electron chi connectivity index (χ2n) is 5.49. The lowest BCUT2D eigenvalue weighted by Crippen LogP contribution is -2.51. The first kappa shape index (κ1) is 13.3. The van der Waals surface area contributed by atoms with E-state index in [0.717, 1.165) is 0 Å². The predicted molar refractivity (Wildman–Crippen MR) is 61.3 cm³/mol. The molecule has 1 aromatic heterocycles. The maximum Gasteiger partial charge on any atom is 0.392 e. The molecular weight excluding hydrogens is 275 g/mol. The number of H-pyrrole nitrogens is 1. The van der Waals surface area contributed by atoms with Gasteiger partial charge in [-0.05, 0) is 42.7 Å². The van der Waals surface area contributed by atoms with E-state index in [9.17, 15) is 18.0 Å².